The molecule has 0 radical (unpaired) electrons. The Balaban J connectivity index is 0.00000110. The van der Waals surface area contributed by atoms with E-state index in [1.54, 1.807) is 0 Å². The van der Waals surface area contributed by atoms with Gasteiger partial charge < -0.3 is 16.0 Å². The van der Waals surface area contributed by atoms with Crippen molar-refractivity contribution in [1.29, 1.82) is 0 Å². The molecule has 1 amide bonds. The SMILES string of the molecule is Cl.Cl.NC[C@H]1CCC[C@H]1C(=O)NCC1CCN(C2CC2)C1. The number of hydrogen-bond acceptors (Lipinski definition) is 3. The summed E-state index contributed by atoms with van der Waals surface area (Å²) in [5.41, 5.74) is 5.75. The molecule has 1 heterocycles. The van der Waals surface area contributed by atoms with Crippen molar-refractivity contribution in [3.05, 3.63) is 0 Å². The van der Waals surface area contributed by atoms with Gasteiger partial charge in [-0.15, -0.1) is 24.8 Å². The molecule has 3 rings (SSSR count). The summed E-state index contributed by atoms with van der Waals surface area (Å²) in [6, 6.07) is 0.872. The number of hydrogen-bond donors (Lipinski definition) is 2. The maximum absolute atomic E-state index is 12.2. The normalized spacial score (nSPS) is 32.3. The number of nitrogens with two attached hydrogens (primary N) is 1. The maximum Gasteiger partial charge on any atom is 0.223 e. The van der Waals surface area contributed by atoms with Gasteiger partial charge in [-0.2, -0.15) is 0 Å². The third-order valence-corrected chi connectivity index (χ3v) is 5.24. The first-order valence-corrected chi connectivity index (χ1v) is 7.99. The third-order valence-electron chi connectivity index (χ3n) is 5.24. The summed E-state index contributed by atoms with van der Waals surface area (Å²) in [5.74, 6) is 1.54. The van der Waals surface area contributed by atoms with Crippen LogP contribution in [-0.2, 0) is 4.79 Å². The quantitative estimate of drug-likeness (QED) is 0.804. The van der Waals surface area contributed by atoms with Gasteiger partial charge in [0.15, 0.2) is 0 Å². The second-order valence-corrected chi connectivity index (χ2v) is 6.66. The van der Waals surface area contributed by atoms with Crippen LogP contribution in [-0.4, -0.2) is 43.0 Å². The molecule has 0 aromatic rings. The van der Waals surface area contributed by atoms with E-state index in [0.717, 1.165) is 25.4 Å². The molecule has 0 aromatic heterocycles. The monoisotopic (exact) mass is 337 g/mol. The van der Waals surface area contributed by atoms with Gasteiger partial charge in [-0.1, -0.05) is 6.42 Å². The lowest BCUT2D eigenvalue weighted by atomic mass is 9.95. The van der Waals surface area contributed by atoms with E-state index < -0.39 is 0 Å². The molecule has 2 aliphatic carbocycles. The summed E-state index contributed by atoms with van der Waals surface area (Å²) >= 11 is 0. The first-order chi connectivity index (χ1) is 9.28. The number of rotatable bonds is 5. The zero-order valence-electron chi connectivity index (χ0n) is 12.6. The van der Waals surface area contributed by atoms with Crippen LogP contribution < -0.4 is 11.1 Å². The fourth-order valence-electron chi connectivity index (χ4n) is 3.84. The van der Waals surface area contributed by atoms with Crippen molar-refractivity contribution >= 4 is 30.7 Å². The Morgan fingerprint density at radius 1 is 1.14 bits per heavy atom. The van der Waals surface area contributed by atoms with Gasteiger partial charge in [-0.25, -0.2) is 0 Å². The first-order valence-electron chi connectivity index (χ1n) is 7.99. The van der Waals surface area contributed by atoms with Crippen LogP contribution in [0.25, 0.3) is 0 Å². The van der Waals surface area contributed by atoms with Gasteiger partial charge in [0.05, 0.1) is 0 Å². The maximum atomic E-state index is 12.2. The van der Waals surface area contributed by atoms with Crippen molar-refractivity contribution in [2.45, 2.75) is 44.6 Å². The fraction of sp³-hybridized carbons (Fsp3) is 0.933. The molecule has 1 aliphatic heterocycles. The van der Waals surface area contributed by atoms with Crippen molar-refractivity contribution in [2.24, 2.45) is 23.5 Å². The predicted molar refractivity (Wildman–Crippen MR) is 90.1 cm³/mol. The standard InChI is InChI=1S/C15H27N3O.2ClH/c16-8-12-2-1-3-14(12)15(19)17-9-11-6-7-18(10-11)13-4-5-13;;/h11-14H,1-10,16H2,(H,17,19);2*1H/t11?,12-,14-;;/m1../s1. The van der Waals surface area contributed by atoms with Crippen LogP contribution in [0.3, 0.4) is 0 Å². The van der Waals surface area contributed by atoms with Crippen molar-refractivity contribution in [1.82, 2.24) is 10.2 Å². The van der Waals surface area contributed by atoms with Gasteiger partial charge in [-0.3, -0.25) is 4.79 Å². The highest BCUT2D eigenvalue weighted by Gasteiger charge is 2.35. The van der Waals surface area contributed by atoms with E-state index in [0.29, 0.717) is 18.4 Å². The van der Waals surface area contributed by atoms with Gasteiger partial charge in [-0.05, 0) is 57.0 Å². The minimum Gasteiger partial charge on any atom is -0.356 e. The van der Waals surface area contributed by atoms with Gasteiger partial charge in [0, 0.05) is 25.0 Å². The third kappa shape index (κ3) is 4.72. The minimum atomic E-state index is 0. The van der Waals surface area contributed by atoms with E-state index in [4.69, 9.17) is 5.73 Å². The Morgan fingerprint density at radius 2 is 1.90 bits per heavy atom. The predicted octanol–water partition coefficient (Wildman–Crippen LogP) is 1.81. The number of carbonyl (C=O) groups is 1. The second kappa shape index (κ2) is 8.56. The first kappa shape index (κ1) is 19.0. The number of likely N-dealkylation sites (tertiary alicyclic amines) is 1. The van der Waals surface area contributed by atoms with Crippen molar-refractivity contribution < 1.29 is 4.79 Å². The van der Waals surface area contributed by atoms with Crippen molar-refractivity contribution in [3.63, 3.8) is 0 Å². The number of nitrogens with zero attached hydrogens (tertiary/aromatic N) is 1. The molecule has 0 aromatic carbocycles. The summed E-state index contributed by atoms with van der Waals surface area (Å²) in [6.45, 7) is 3.96. The Hall–Kier alpha value is -0.0300. The molecule has 2 saturated carbocycles. The van der Waals surface area contributed by atoms with Crippen LogP contribution in [0.5, 0.6) is 0 Å². The molecule has 0 bridgehead atoms. The molecule has 21 heavy (non-hydrogen) atoms. The van der Waals surface area contributed by atoms with E-state index in [9.17, 15) is 4.79 Å². The van der Waals surface area contributed by atoms with E-state index >= 15 is 0 Å². The Labute approximate surface area is 140 Å². The van der Waals surface area contributed by atoms with Crippen molar-refractivity contribution in [3.8, 4) is 0 Å². The smallest absolute Gasteiger partial charge is 0.223 e. The van der Waals surface area contributed by atoms with Gasteiger partial charge >= 0.3 is 0 Å². The molecule has 1 unspecified atom stereocenters. The lowest BCUT2D eigenvalue weighted by Crippen LogP contribution is -2.38. The molecular formula is C15H29Cl2N3O. The molecule has 3 fully saturated rings. The zero-order chi connectivity index (χ0) is 13.2. The van der Waals surface area contributed by atoms with Crippen LogP contribution in [0.2, 0.25) is 0 Å². The summed E-state index contributed by atoms with van der Waals surface area (Å²) in [6.07, 6.45) is 7.36. The zero-order valence-corrected chi connectivity index (χ0v) is 14.3. The van der Waals surface area contributed by atoms with Gasteiger partial charge in [0.25, 0.3) is 0 Å². The molecular weight excluding hydrogens is 309 g/mol. The highest BCUT2D eigenvalue weighted by atomic mass is 35.5. The van der Waals surface area contributed by atoms with Crippen LogP contribution in [0.4, 0.5) is 0 Å². The molecule has 4 nitrogen and oxygen atoms in total. The number of nitrogens with one attached hydrogen (secondary N) is 1. The summed E-state index contributed by atoms with van der Waals surface area (Å²) < 4.78 is 0. The highest BCUT2D eigenvalue weighted by molar-refractivity contribution is 5.85. The Morgan fingerprint density at radius 3 is 2.57 bits per heavy atom. The van der Waals surface area contributed by atoms with Crippen LogP contribution in [0.1, 0.15) is 38.5 Å². The lowest BCUT2D eigenvalue weighted by molar-refractivity contribution is -0.126. The molecule has 0 spiro atoms. The van der Waals surface area contributed by atoms with E-state index in [1.165, 1.54) is 38.8 Å². The number of amides is 1. The van der Waals surface area contributed by atoms with Crippen LogP contribution >= 0.6 is 24.8 Å². The molecule has 1 saturated heterocycles. The minimum absolute atomic E-state index is 0. The summed E-state index contributed by atoms with van der Waals surface area (Å²) in [4.78, 5) is 14.8. The largest absolute Gasteiger partial charge is 0.356 e. The average Bonchev–Trinajstić information content (AvgIpc) is 2.99. The molecule has 124 valence electrons. The molecule has 6 heteroatoms. The number of carbonyl (C=O) groups excluding carboxylic acids is 1. The van der Waals surface area contributed by atoms with Crippen LogP contribution in [0, 0.1) is 17.8 Å². The lowest BCUT2D eigenvalue weighted by Gasteiger charge is -2.19. The second-order valence-electron chi connectivity index (χ2n) is 6.66. The summed E-state index contributed by atoms with van der Waals surface area (Å²) in [7, 11) is 0. The average molecular weight is 338 g/mol. The topological polar surface area (TPSA) is 58.4 Å². The van der Waals surface area contributed by atoms with E-state index in [2.05, 4.69) is 10.2 Å². The Bertz CT molecular complexity index is 339. The molecule has 3 aliphatic rings. The fourth-order valence-corrected chi connectivity index (χ4v) is 3.84. The van der Waals surface area contributed by atoms with E-state index in [-0.39, 0.29) is 36.6 Å². The van der Waals surface area contributed by atoms with Crippen LogP contribution in [0.15, 0.2) is 0 Å². The molecule has 3 atom stereocenters. The highest BCUT2D eigenvalue weighted by Crippen LogP contribution is 2.32. The van der Waals surface area contributed by atoms with Gasteiger partial charge in [0.1, 0.15) is 0 Å². The van der Waals surface area contributed by atoms with E-state index in [1.807, 2.05) is 0 Å². The number of halogens is 2. The van der Waals surface area contributed by atoms with Gasteiger partial charge in [0.2, 0.25) is 5.91 Å². The van der Waals surface area contributed by atoms with Crippen molar-refractivity contribution in [2.75, 3.05) is 26.2 Å². The Kier molecular flexibility index (Phi) is 7.75. The summed E-state index contributed by atoms with van der Waals surface area (Å²) in [5, 5.41) is 3.19. The molecule has 3 N–H and O–H groups in total.